The molecule has 130 valence electrons. The molecular formula is C18H16Cl2FN3O. The van der Waals surface area contributed by atoms with Gasteiger partial charge < -0.3 is 5.11 Å². The lowest BCUT2D eigenvalue weighted by atomic mass is 9.78. The van der Waals surface area contributed by atoms with Gasteiger partial charge in [0.15, 0.2) is 0 Å². The maximum Gasteiger partial charge on any atom is 0.137 e. The highest BCUT2D eigenvalue weighted by molar-refractivity contribution is 6.35. The minimum Gasteiger partial charge on any atom is -0.382 e. The molecule has 0 amide bonds. The molecule has 3 rings (SSSR count). The molecule has 0 saturated heterocycles. The van der Waals surface area contributed by atoms with E-state index in [2.05, 4.69) is 10.1 Å². The molecule has 0 aliphatic rings. The molecule has 1 aromatic heterocycles. The summed E-state index contributed by atoms with van der Waals surface area (Å²) < 4.78 is 16.0. The van der Waals surface area contributed by atoms with E-state index in [1.165, 1.54) is 23.4 Å². The van der Waals surface area contributed by atoms with Crippen LogP contribution in [0.2, 0.25) is 10.0 Å². The van der Waals surface area contributed by atoms with E-state index in [1.807, 2.05) is 0 Å². The Morgan fingerprint density at radius 1 is 1.24 bits per heavy atom. The van der Waals surface area contributed by atoms with Crippen molar-refractivity contribution in [2.45, 2.75) is 25.0 Å². The van der Waals surface area contributed by atoms with Gasteiger partial charge in [0.25, 0.3) is 0 Å². The van der Waals surface area contributed by atoms with Crippen LogP contribution in [0.4, 0.5) is 4.39 Å². The largest absolute Gasteiger partial charge is 0.382 e. The van der Waals surface area contributed by atoms with E-state index in [-0.39, 0.29) is 12.1 Å². The van der Waals surface area contributed by atoms with Crippen LogP contribution in [-0.2, 0) is 12.1 Å². The van der Waals surface area contributed by atoms with Crippen molar-refractivity contribution in [2.24, 2.45) is 0 Å². The van der Waals surface area contributed by atoms with Crippen LogP contribution in [0.25, 0.3) is 0 Å². The van der Waals surface area contributed by atoms with E-state index in [0.717, 1.165) is 0 Å². The summed E-state index contributed by atoms with van der Waals surface area (Å²) in [6.07, 6.45) is 2.84. The van der Waals surface area contributed by atoms with Crippen LogP contribution >= 0.6 is 23.2 Å². The summed E-state index contributed by atoms with van der Waals surface area (Å²) in [5, 5.41) is 16.5. The second kappa shape index (κ2) is 7.12. The molecular weight excluding hydrogens is 364 g/mol. The van der Waals surface area contributed by atoms with E-state index < -0.39 is 17.3 Å². The first-order valence-electron chi connectivity index (χ1n) is 7.66. The zero-order chi connectivity index (χ0) is 18.0. The molecule has 2 atom stereocenters. The molecule has 0 radical (unpaired) electrons. The topological polar surface area (TPSA) is 50.9 Å². The van der Waals surface area contributed by atoms with E-state index in [0.29, 0.717) is 15.6 Å². The Morgan fingerprint density at radius 3 is 2.64 bits per heavy atom. The molecule has 25 heavy (non-hydrogen) atoms. The molecule has 2 aromatic carbocycles. The van der Waals surface area contributed by atoms with Crippen molar-refractivity contribution in [1.82, 2.24) is 14.8 Å². The van der Waals surface area contributed by atoms with Gasteiger partial charge >= 0.3 is 0 Å². The third-order valence-electron chi connectivity index (χ3n) is 4.36. The van der Waals surface area contributed by atoms with Gasteiger partial charge in [0.1, 0.15) is 24.1 Å². The number of hydrogen-bond acceptors (Lipinski definition) is 3. The zero-order valence-corrected chi connectivity index (χ0v) is 14.9. The maximum atomic E-state index is 14.5. The average Bonchev–Trinajstić information content (AvgIpc) is 3.07. The first-order valence-corrected chi connectivity index (χ1v) is 8.42. The standard InChI is InChI=1S/C18H16Cl2FN3O/c1-12(14-7-6-13(19)8-16(14)20)18(25,9-24-11-22-10-23-24)15-4-2-3-5-17(15)21/h2-8,10-12,25H,9H2,1H3. The highest BCUT2D eigenvalue weighted by Crippen LogP contribution is 2.42. The fourth-order valence-corrected chi connectivity index (χ4v) is 3.51. The van der Waals surface area contributed by atoms with Crippen molar-refractivity contribution in [3.8, 4) is 0 Å². The molecule has 7 heteroatoms. The predicted molar refractivity (Wildman–Crippen MR) is 95.2 cm³/mol. The summed E-state index contributed by atoms with van der Waals surface area (Å²) in [7, 11) is 0. The molecule has 0 aliphatic carbocycles. The fraction of sp³-hybridized carbons (Fsp3) is 0.222. The summed E-state index contributed by atoms with van der Waals surface area (Å²) >= 11 is 12.3. The minimum absolute atomic E-state index is 0.0219. The second-order valence-electron chi connectivity index (χ2n) is 5.88. The van der Waals surface area contributed by atoms with Crippen LogP contribution in [0.15, 0.2) is 55.1 Å². The van der Waals surface area contributed by atoms with Crippen LogP contribution in [0, 0.1) is 5.82 Å². The molecule has 0 bridgehead atoms. The lowest BCUT2D eigenvalue weighted by Gasteiger charge is -2.35. The van der Waals surface area contributed by atoms with Gasteiger partial charge in [-0.2, -0.15) is 5.10 Å². The Bertz CT molecular complexity index is 873. The summed E-state index contributed by atoms with van der Waals surface area (Å²) in [6, 6.07) is 11.2. The van der Waals surface area contributed by atoms with Gasteiger partial charge in [0, 0.05) is 21.5 Å². The number of halogens is 3. The monoisotopic (exact) mass is 379 g/mol. The molecule has 0 fully saturated rings. The number of rotatable bonds is 5. The van der Waals surface area contributed by atoms with Crippen molar-refractivity contribution in [3.05, 3.63) is 82.1 Å². The van der Waals surface area contributed by atoms with E-state index >= 15 is 0 Å². The predicted octanol–water partition coefficient (Wildman–Crippen LogP) is 4.42. The summed E-state index contributed by atoms with van der Waals surface area (Å²) in [5.74, 6) is -1.03. The molecule has 1 N–H and O–H groups in total. The summed E-state index contributed by atoms with van der Waals surface area (Å²) in [5.41, 5.74) is -0.753. The SMILES string of the molecule is CC(c1ccc(Cl)cc1Cl)C(O)(Cn1cncn1)c1ccccc1F. The van der Waals surface area contributed by atoms with Gasteiger partial charge in [-0.15, -0.1) is 0 Å². The quantitative estimate of drug-likeness (QED) is 0.713. The molecule has 0 aliphatic heterocycles. The minimum atomic E-state index is -1.59. The Morgan fingerprint density at radius 2 is 2.00 bits per heavy atom. The third-order valence-corrected chi connectivity index (χ3v) is 4.92. The zero-order valence-electron chi connectivity index (χ0n) is 13.4. The highest BCUT2D eigenvalue weighted by atomic mass is 35.5. The van der Waals surface area contributed by atoms with Gasteiger partial charge in [0.2, 0.25) is 0 Å². The molecule has 3 aromatic rings. The maximum absolute atomic E-state index is 14.5. The Hall–Kier alpha value is -1.95. The molecule has 4 nitrogen and oxygen atoms in total. The molecule has 0 saturated carbocycles. The Balaban J connectivity index is 2.11. The smallest absolute Gasteiger partial charge is 0.137 e. The van der Waals surface area contributed by atoms with E-state index in [9.17, 15) is 9.50 Å². The molecule has 2 unspecified atom stereocenters. The van der Waals surface area contributed by atoms with Crippen molar-refractivity contribution in [1.29, 1.82) is 0 Å². The van der Waals surface area contributed by atoms with E-state index in [4.69, 9.17) is 23.2 Å². The molecule has 0 spiro atoms. The Labute approximate surface area is 154 Å². The van der Waals surface area contributed by atoms with Gasteiger partial charge in [-0.25, -0.2) is 14.1 Å². The number of aromatic nitrogens is 3. The number of aliphatic hydroxyl groups is 1. The average molecular weight is 380 g/mol. The summed E-state index contributed by atoms with van der Waals surface area (Å²) in [4.78, 5) is 3.89. The number of nitrogens with zero attached hydrogens (tertiary/aromatic N) is 3. The van der Waals surface area contributed by atoms with Crippen molar-refractivity contribution >= 4 is 23.2 Å². The molecule has 1 heterocycles. The Kier molecular flexibility index (Phi) is 5.08. The van der Waals surface area contributed by atoms with Crippen LogP contribution < -0.4 is 0 Å². The lowest BCUT2D eigenvalue weighted by Crippen LogP contribution is -2.38. The van der Waals surface area contributed by atoms with Crippen molar-refractivity contribution in [3.63, 3.8) is 0 Å². The van der Waals surface area contributed by atoms with Gasteiger partial charge in [-0.05, 0) is 23.8 Å². The van der Waals surface area contributed by atoms with Crippen molar-refractivity contribution in [2.75, 3.05) is 0 Å². The third kappa shape index (κ3) is 3.54. The van der Waals surface area contributed by atoms with Crippen molar-refractivity contribution < 1.29 is 9.50 Å². The second-order valence-corrected chi connectivity index (χ2v) is 6.73. The number of benzene rings is 2. The van der Waals surface area contributed by atoms with Gasteiger partial charge in [-0.1, -0.05) is 54.4 Å². The van der Waals surface area contributed by atoms with Gasteiger partial charge in [-0.3, -0.25) is 0 Å². The normalized spacial score (nSPS) is 14.9. The first kappa shape index (κ1) is 17.9. The first-order chi connectivity index (χ1) is 11.9. The summed E-state index contributed by atoms with van der Waals surface area (Å²) in [6.45, 7) is 1.81. The highest BCUT2D eigenvalue weighted by Gasteiger charge is 2.40. The lowest BCUT2D eigenvalue weighted by molar-refractivity contribution is -0.0111. The van der Waals surface area contributed by atoms with Crippen LogP contribution in [0.1, 0.15) is 24.0 Å². The van der Waals surface area contributed by atoms with Crippen LogP contribution in [0.3, 0.4) is 0 Å². The van der Waals surface area contributed by atoms with Crippen LogP contribution in [0.5, 0.6) is 0 Å². The van der Waals surface area contributed by atoms with E-state index in [1.54, 1.807) is 43.3 Å². The van der Waals surface area contributed by atoms with Crippen LogP contribution in [-0.4, -0.2) is 19.9 Å². The number of hydrogen-bond donors (Lipinski definition) is 1. The van der Waals surface area contributed by atoms with Gasteiger partial charge in [0.05, 0.1) is 6.54 Å². The fourth-order valence-electron chi connectivity index (χ4n) is 2.94.